The Balaban J connectivity index is 2.38. The van der Waals surface area contributed by atoms with Crippen molar-refractivity contribution in [1.29, 1.82) is 0 Å². The molecule has 0 radical (unpaired) electrons. The molecule has 2 aromatic carbocycles. The summed E-state index contributed by atoms with van der Waals surface area (Å²) in [4.78, 5) is -0.332. The van der Waals surface area contributed by atoms with E-state index in [1.165, 1.54) is 24.3 Å². The summed E-state index contributed by atoms with van der Waals surface area (Å²) in [5, 5.41) is 17.6. The van der Waals surface area contributed by atoms with Gasteiger partial charge in [-0.05, 0) is 42.2 Å². The zero-order valence-corrected chi connectivity index (χ0v) is 13.7. The lowest BCUT2D eigenvalue weighted by Gasteiger charge is -2.06. The second-order valence-corrected chi connectivity index (χ2v) is 6.95. The quantitative estimate of drug-likeness (QED) is 0.630. The number of azo groups is 1. The van der Waals surface area contributed by atoms with E-state index in [-0.39, 0.29) is 22.0 Å². The molecular weight excluding hydrogens is 316 g/mol. The lowest BCUT2D eigenvalue weighted by atomic mass is 10.0. The number of phenols is 1. The highest BCUT2D eigenvalue weighted by atomic mass is 32.2. The van der Waals surface area contributed by atoms with Crippen LogP contribution in [0.25, 0.3) is 0 Å². The van der Waals surface area contributed by atoms with Crippen LogP contribution < -0.4 is 0 Å². The molecule has 23 heavy (non-hydrogen) atoms. The maximum Gasteiger partial charge on any atom is 0.296 e. The molecule has 0 heterocycles. The number of nitrogens with zero attached hydrogens (tertiary/aromatic N) is 2. The highest BCUT2D eigenvalue weighted by molar-refractivity contribution is 7.86. The van der Waals surface area contributed by atoms with Crippen molar-refractivity contribution in [3.8, 4) is 5.75 Å². The lowest BCUT2D eigenvalue weighted by molar-refractivity contribution is 0.476. The van der Waals surface area contributed by atoms with Crippen molar-refractivity contribution in [2.24, 2.45) is 16.1 Å². The minimum Gasteiger partial charge on any atom is -0.506 e. The van der Waals surface area contributed by atoms with Gasteiger partial charge < -0.3 is 5.11 Å². The van der Waals surface area contributed by atoms with Gasteiger partial charge in [-0.15, -0.1) is 10.2 Å². The van der Waals surface area contributed by atoms with E-state index in [9.17, 15) is 18.1 Å². The Morgan fingerprint density at radius 2 is 1.70 bits per heavy atom. The molecule has 7 heteroatoms. The predicted molar refractivity (Wildman–Crippen MR) is 87.1 cm³/mol. The fourth-order valence-electron chi connectivity index (χ4n) is 2.11. The highest BCUT2D eigenvalue weighted by Crippen LogP contribution is 2.31. The molecule has 0 saturated heterocycles. The van der Waals surface area contributed by atoms with E-state index in [1.54, 1.807) is 18.2 Å². The van der Waals surface area contributed by atoms with E-state index in [0.717, 1.165) is 12.0 Å². The van der Waals surface area contributed by atoms with Crippen molar-refractivity contribution in [2.45, 2.75) is 25.2 Å². The van der Waals surface area contributed by atoms with Crippen molar-refractivity contribution in [3.63, 3.8) is 0 Å². The molecule has 0 aliphatic carbocycles. The Morgan fingerprint density at radius 3 is 2.35 bits per heavy atom. The number of hydrogen-bond acceptors (Lipinski definition) is 5. The Morgan fingerprint density at radius 1 is 1.04 bits per heavy atom. The van der Waals surface area contributed by atoms with Crippen LogP contribution >= 0.6 is 0 Å². The van der Waals surface area contributed by atoms with Gasteiger partial charge in [0.1, 0.15) is 22.0 Å². The molecule has 0 amide bonds. The van der Waals surface area contributed by atoms with Gasteiger partial charge in [0.05, 0.1) is 0 Å². The standard InChI is InChI=1S/C16H18N2O4S/c1-11(2)9-12-7-8-15(19)14(10-12)18-17-13-5-3-4-6-16(13)23(20,21)22/h3-8,10-11,19H,9H2,1-2H3,(H,20,21,22)/b18-17+. The summed E-state index contributed by atoms with van der Waals surface area (Å²) in [5.74, 6) is 0.398. The first-order valence-electron chi connectivity index (χ1n) is 7.07. The summed E-state index contributed by atoms with van der Waals surface area (Å²) in [6.07, 6.45) is 0.824. The number of rotatable bonds is 5. The smallest absolute Gasteiger partial charge is 0.296 e. The molecule has 0 aromatic heterocycles. The minimum absolute atomic E-state index is 0.00339. The van der Waals surface area contributed by atoms with E-state index in [2.05, 4.69) is 24.1 Å². The second kappa shape index (κ2) is 6.89. The number of phenolic OH excluding ortho intramolecular Hbond substituents is 1. The molecular formula is C16H18N2O4S. The van der Waals surface area contributed by atoms with Crippen LogP contribution in [0.2, 0.25) is 0 Å². The molecule has 6 nitrogen and oxygen atoms in total. The first-order chi connectivity index (χ1) is 10.8. The van der Waals surface area contributed by atoms with Gasteiger partial charge in [0.2, 0.25) is 0 Å². The molecule has 0 aliphatic heterocycles. The Labute approximate surface area is 135 Å². The largest absolute Gasteiger partial charge is 0.506 e. The molecule has 0 saturated carbocycles. The average molecular weight is 334 g/mol. The molecule has 0 aliphatic rings. The average Bonchev–Trinajstić information content (AvgIpc) is 2.46. The zero-order chi connectivity index (χ0) is 17.0. The predicted octanol–water partition coefficient (Wildman–Crippen LogP) is 4.25. The SMILES string of the molecule is CC(C)Cc1ccc(O)c(/N=N/c2ccccc2S(=O)(=O)O)c1. The first kappa shape index (κ1) is 17.1. The van der Waals surface area contributed by atoms with E-state index in [1.807, 2.05) is 0 Å². The molecule has 0 atom stereocenters. The molecule has 2 N–H and O–H groups in total. The van der Waals surface area contributed by atoms with Crippen molar-refractivity contribution in [2.75, 3.05) is 0 Å². The van der Waals surface area contributed by atoms with Gasteiger partial charge >= 0.3 is 0 Å². The van der Waals surface area contributed by atoms with E-state index in [0.29, 0.717) is 5.92 Å². The van der Waals surface area contributed by atoms with Crippen molar-refractivity contribution >= 4 is 21.5 Å². The summed E-state index contributed by atoms with van der Waals surface area (Å²) in [5.41, 5.74) is 1.24. The van der Waals surface area contributed by atoms with Gasteiger partial charge in [0, 0.05) is 0 Å². The normalized spacial score (nSPS) is 12.2. The van der Waals surface area contributed by atoms with Crippen LogP contribution in [-0.4, -0.2) is 18.1 Å². The molecule has 122 valence electrons. The Hall–Kier alpha value is -2.25. The van der Waals surface area contributed by atoms with Crippen LogP contribution in [0.5, 0.6) is 5.75 Å². The molecule has 2 aromatic rings. The van der Waals surface area contributed by atoms with E-state index in [4.69, 9.17) is 0 Å². The van der Waals surface area contributed by atoms with Crippen molar-refractivity contribution in [3.05, 3.63) is 48.0 Å². The molecule has 2 rings (SSSR count). The molecule has 0 unspecified atom stereocenters. The maximum absolute atomic E-state index is 11.3. The fourth-order valence-corrected chi connectivity index (χ4v) is 2.74. The summed E-state index contributed by atoms with van der Waals surface area (Å²) in [6.45, 7) is 4.16. The van der Waals surface area contributed by atoms with Gasteiger partial charge in [-0.2, -0.15) is 8.42 Å². The second-order valence-electron chi connectivity index (χ2n) is 5.56. The monoisotopic (exact) mass is 334 g/mol. The summed E-state index contributed by atoms with van der Waals surface area (Å²) in [7, 11) is -4.39. The van der Waals surface area contributed by atoms with Crippen LogP contribution in [0, 0.1) is 5.92 Å². The van der Waals surface area contributed by atoms with Gasteiger partial charge in [-0.1, -0.05) is 32.0 Å². The third-order valence-corrected chi connectivity index (χ3v) is 3.99. The molecule has 0 fully saturated rings. The maximum atomic E-state index is 11.3. The summed E-state index contributed by atoms with van der Waals surface area (Å²) < 4.78 is 31.8. The minimum atomic E-state index is -4.39. The van der Waals surface area contributed by atoms with Gasteiger partial charge in [0.15, 0.2) is 0 Å². The number of benzene rings is 2. The summed E-state index contributed by atoms with van der Waals surface area (Å²) >= 11 is 0. The summed E-state index contributed by atoms with van der Waals surface area (Å²) in [6, 6.07) is 10.7. The topological polar surface area (TPSA) is 99.3 Å². The van der Waals surface area contributed by atoms with Crippen LogP contribution in [0.4, 0.5) is 11.4 Å². The van der Waals surface area contributed by atoms with Gasteiger partial charge in [-0.25, -0.2) is 0 Å². The Kier molecular flexibility index (Phi) is 5.12. The number of hydrogen-bond donors (Lipinski definition) is 2. The molecule has 0 spiro atoms. The van der Waals surface area contributed by atoms with Crippen LogP contribution in [0.3, 0.4) is 0 Å². The van der Waals surface area contributed by atoms with Crippen LogP contribution in [0.15, 0.2) is 57.6 Å². The van der Waals surface area contributed by atoms with E-state index >= 15 is 0 Å². The van der Waals surface area contributed by atoms with Crippen LogP contribution in [-0.2, 0) is 16.5 Å². The number of aromatic hydroxyl groups is 1. The highest BCUT2D eigenvalue weighted by Gasteiger charge is 2.14. The third kappa shape index (κ3) is 4.61. The Bertz CT molecular complexity index is 830. The first-order valence-corrected chi connectivity index (χ1v) is 8.51. The van der Waals surface area contributed by atoms with Gasteiger partial charge in [0.25, 0.3) is 10.1 Å². The lowest BCUT2D eigenvalue weighted by Crippen LogP contribution is -1.97. The fraction of sp³-hybridized carbons (Fsp3) is 0.250. The van der Waals surface area contributed by atoms with Crippen LogP contribution in [0.1, 0.15) is 19.4 Å². The molecule has 0 bridgehead atoms. The van der Waals surface area contributed by atoms with Crippen molar-refractivity contribution in [1.82, 2.24) is 0 Å². The van der Waals surface area contributed by atoms with Crippen molar-refractivity contribution < 1.29 is 18.1 Å². The van der Waals surface area contributed by atoms with E-state index < -0.39 is 10.1 Å². The third-order valence-electron chi connectivity index (χ3n) is 3.09. The zero-order valence-electron chi connectivity index (χ0n) is 12.8. The van der Waals surface area contributed by atoms with Gasteiger partial charge in [-0.3, -0.25) is 4.55 Å².